The number of hydrogen-bond acceptors (Lipinski definition) is 3. The van der Waals surface area contributed by atoms with Crippen molar-refractivity contribution in [2.24, 2.45) is 5.92 Å². The Morgan fingerprint density at radius 3 is 2.15 bits per heavy atom. The first kappa shape index (κ1) is 28.0. The Morgan fingerprint density at radius 1 is 0.821 bits per heavy atom. The second-order valence-electron chi connectivity index (χ2n) is 12.5. The third-order valence-electron chi connectivity index (χ3n) is 9.30. The van der Waals surface area contributed by atoms with Crippen LogP contribution in [0.1, 0.15) is 84.1 Å². The summed E-state index contributed by atoms with van der Waals surface area (Å²) in [6, 6.07) is 18.7. The van der Waals surface area contributed by atoms with Gasteiger partial charge in [-0.05, 0) is 87.4 Å². The largest absolute Gasteiger partial charge is 0.490 e. The molecule has 208 valence electrons. The average Bonchev–Trinajstić information content (AvgIpc) is 2.96. The van der Waals surface area contributed by atoms with E-state index in [0.717, 1.165) is 79.9 Å². The van der Waals surface area contributed by atoms with Crippen molar-refractivity contribution in [1.29, 1.82) is 0 Å². The minimum absolute atomic E-state index is 0.0438. The highest BCUT2D eigenvalue weighted by molar-refractivity contribution is 7.71. The van der Waals surface area contributed by atoms with Gasteiger partial charge in [-0.3, -0.25) is 0 Å². The molecule has 0 saturated heterocycles. The van der Waals surface area contributed by atoms with Crippen LogP contribution in [-0.2, 0) is 14.7 Å². The van der Waals surface area contributed by atoms with Crippen LogP contribution in [0.15, 0.2) is 89.9 Å². The molecular formula is C35H45O3P. The van der Waals surface area contributed by atoms with E-state index >= 15 is 0 Å². The van der Waals surface area contributed by atoms with E-state index in [4.69, 9.17) is 9.47 Å². The smallest absolute Gasteiger partial charge is 0.119 e. The molecule has 0 radical (unpaired) electrons. The maximum atomic E-state index is 13.6. The Kier molecular flexibility index (Phi) is 8.57. The zero-order valence-corrected chi connectivity index (χ0v) is 25.1. The molecule has 3 aliphatic rings. The Labute approximate surface area is 235 Å². The fraction of sp³-hybridized carbons (Fsp3) is 0.486. The van der Waals surface area contributed by atoms with Gasteiger partial charge in [0.2, 0.25) is 0 Å². The summed E-state index contributed by atoms with van der Waals surface area (Å²) in [5, 5.41) is 1.01. The number of allylic oxidation sites excluding steroid dienone is 6. The molecule has 0 aromatic heterocycles. The fourth-order valence-corrected chi connectivity index (χ4v) is 8.81. The number of rotatable bonds is 8. The summed E-state index contributed by atoms with van der Waals surface area (Å²) in [5.41, 5.74) is 2.96. The average molecular weight is 545 g/mol. The van der Waals surface area contributed by atoms with Gasteiger partial charge in [-0.25, -0.2) is 0 Å². The Balaban J connectivity index is 1.15. The highest BCUT2D eigenvalue weighted by atomic mass is 31.2. The zero-order valence-electron chi connectivity index (χ0n) is 24.2. The molecule has 0 bridgehead atoms. The van der Waals surface area contributed by atoms with Gasteiger partial charge in [-0.1, -0.05) is 74.9 Å². The van der Waals surface area contributed by atoms with Crippen molar-refractivity contribution in [2.45, 2.75) is 95.7 Å². The lowest BCUT2D eigenvalue weighted by atomic mass is 9.74. The van der Waals surface area contributed by atoms with Crippen LogP contribution >= 0.6 is 7.14 Å². The van der Waals surface area contributed by atoms with Crippen molar-refractivity contribution < 1.29 is 14.0 Å². The first-order chi connectivity index (χ1) is 18.7. The maximum absolute atomic E-state index is 13.6. The summed E-state index contributed by atoms with van der Waals surface area (Å²) >= 11 is 0. The second kappa shape index (κ2) is 11.9. The summed E-state index contributed by atoms with van der Waals surface area (Å²) in [7, 11) is -2.36. The van der Waals surface area contributed by atoms with E-state index in [1.807, 2.05) is 37.0 Å². The molecule has 39 heavy (non-hydrogen) atoms. The fourth-order valence-electron chi connectivity index (χ4n) is 6.34. The lowest BCUT2D eigenvalue weighted by Gasteiger charge is -2.33. The van der Waals surface area contributed by atoms with E-state index < -0.39 is 7.14 Å². The van der Waals surface area contributed by atoms with E-state index in [0.29, 0.717) is 0 Å². The van der Waals surface area contributed by atoms with Crippen LogP contribution in [0.4, 0.5) is 0 Å². The minimum atomic E-state index is -2.36. The van der Waals surface area contributed by atoms with Gasteiger partial charge in [0, 0.05) is 29.2 Å². The molecule has 2 atom stereocenters. The van der Waals surface area contributed by atoms with Gasteiger partial charge in [0.1, 0.15) is 18.7 Å². The summed E-state index contributed by atoms with van der Waals surface area (Å²) in [6.07, 6.45) is 16.2. The molecule has 0 spiro atoms. The lowest BCUT2D eigenvalue weighted by Crippen LogP contribution is -2.29. The van der Waals surface area contributed by atoms with Crippen molar-refractivity contribution in [3.8, 4) is 5.75 Å². The first-order valence-electron chi connectivity index (χ1n) is 14.9. The van der Waals surface area contributed by atoms with Gasteiger partial charge in [-0.15, -0.1) is 0 Å². The SMILES string of the molecule is CC1CC=C(OC2=CC=C(C(C)(C)c3ccc(OC4CCC(P(C)(=O)c5ccccc5)CC4)cc3)CC2)CC1. The Morgan fingerprint density at radius 2 is 1.54 bits per heavy atom. The highest BCUT2D eigenvalue weighted by Crippen LogP contribution is 2.51. The molecular weight excluding hydrogens is 499 g/mol. The molecule has 2 aromatic carbocycles. The van der Waals surface area contributed by atoms with E-state index in [1.54, 1.807) is 0 Å². The van der Waals surface area contributed by atoms with Crippen molar-refractivity contribution in [1.82, 2.24) is 0 Å². The van der Waals surface area contributed by atoms with Crippen molar-refractivity contribution in [3.05, 3.63) is 95.5 Å². The quantitative estimate of drug-likeness (QED) is 0.311. The standard InChI is InChI=1S/C35H45O3P/c1-26-10-16-29(17-11-26)37-30-18-12-27(13-19-30)35(2,3)28-14-20-31(21-15-28)38-32-22-24-34(25-23-32)39(4,36)33-8-6-5-7-9-33/h5-9,12,14-16,18,20-21,26,32,34H,10-11,13,17,19,22-25H2,1-4H3. The second-order valence-corrected chi connectivity index (χ2v) is 15.7. The zero-order chi connectivity index (χ0) is 27.5. The molecule has 0 N–H and O–H groups in total. The molecule has 2 aromatic rings. The molecule has 1 saturated carbocycles. The third-order valence-corrected chi connectivity index (χ3v) is 12.5. The van der Waals surface area contributed by atoms with Crippen molar-refractivity contribution in [2.75, 3.05) is 6.66 Å². The summed E-state index contributed by atoms with van der Waals surface area (Å²) < 4.78 is 26.2. The molecule has 5 rings (SSSR count). The van der Waals surface area contributed by atoms with Gasteiger partial charge in [0.05, 0.1) is 11.9 Å². The van der Waals surface area contributed by atoms with Crippen LogP contribution in [0.2, 0.25) is 0 Å². The predicted octanol–water partition coefficient (Wildman–Crippen LogP) is 9.30. The summed E-state index contributed by atoms with van der Waals surface area (Å²) in [5.74, 6) is 3.96. The molecule has 3 aliphatic carbocycles. The monoisotopic (exact) mass is 544 g/mol. The van der Waals surface area contributed by atoms with Crippen LogP contribution in [0, 0.1) is 5.92 Å². The van der Waals surface area contributed by atoms with Crippen molar-refractivity contribution >= 4 is 12.4 Å². The maximum Gasteiger partial charge on any atom is 0.119 e. The van der Waals surface area contributed by atoms with Crippen LogP contribution in [0.3, 0.4) is 0 Å². The first-order valence-corrected chi connectivity index (χ1v) is 17.1. The molecule has 2 unspecified atom stereocenters. The summed E-state index contributed by atoms with van der Waals surface area (Å²) in [6.45, 7) is 8.91. The van der Waals surface area contributed by atoms with Crippen LogP contribution in [0.25, 0.3) is 0 Å². The Hall–Kier alpha value is -2.51. The minimum Gasteiger partial charge on any atom is -0.490 e. The van der Waals surface area contributed by atoms with Crippen LogP contribution in [0.5, 0.6) is 5.75 Å². The van der Waals surface area contributed by atoms with Crippen molar-refractivity contribution in [3.63, 3.8) is 0 Å². The highest BCUT2D eigenvalue weighted by Gasteiger charge is 2.34. The van der Waals surface area contributed by atoms with Gasteiger partial charge < -0.3 is 14.0 Å². The van der Waals surface area contributed by atoms with Gasteiger partial charge in [0.25, 0.3) is 0 Å². The van der Waals surface area contributed by atoms with Crippen LogP contribution < -0.4 is 10.0 Å². The molecule has 0 amide bonds. The van der Waals surface area contributed by atoms with Gasteiger partial charge in [0.15, 0.2) is 0 Å². The number of ether oxygens (including phenoxy) is 2. The lowest BCUT2D eigenvalue weighted by molar-refractivity contribution is 0.156. The molecule has 0 heterocycles. The normalized spacial score (nSPS) is 25.5. The predicted molar refractivity (Wildman–Crippen MR) is 163 cm³/mol. The molecule has 1 fully saturated rings. The van der Waals surface area contributed by atoms with E-state index in [-0.39, 0.29) is 17.2 Å². The number of hydrogen-bond donors (Lipinski definition) is 0. The Bertz CT molecular complexity index is 1260. The molecule has 3 nitrogen and oxygen atoms in total. The number of benzene rings is 2. The van der Waals surface area contributed by atoms with E-state index in [1.165, 1.54) is 17.6 Å². The van der Waals surface area contributed by atoms with Gasteiger partial charge in [-0.2, -0.15) is 0 Å². The third kappa shape index (κ3) is 6.63. The van der Waals surface area contributed by atoms with Crippen LogP contribution in [-0.4, -0.2) is 18.4 Å². The van der Waals surface area contributed by atoms with E-state index in [2.05, 4.69) is 63.3 Å². The summed E-state index contributed by atoms with van der Waals surface area (Å²) in [4.78, 5) is 0. The topological polar surface area (TPSA) is 35.5 Å². The van der Waals surface area contributed by atoms with Gasteiger partial charge >= 0.3 is 0 Å². The van der Waals surface area contributed by atoms with E-state index in [9.17, 15) is 4.57 Å². The molecule has 4 heteroatoms. The molecule has 0 aliphatic heterocycles.